The largest absolute Gasteiger partial charge is 0.493 e. The van der Waals surface area contributed by atoms with Crippen molar-refractivity contribution in [3.8, 4) is 39.3 Å². The van der Waals surface area contributed by atoms with E-state index in [2.05, 4.69) is 55.6 Å². The first kappa shape index (κ1) is 63.0. The fraction of sp³-hybridized carbons (Fsp3) is 0.328. The zero-order valence-corrected chi connectivity index (χ0v) is 48.9. The van der Waals surface area contributed by atoms with Gasteiger partial charge in [0.05, 0.1) is 36.5 Å². The Morgan fingerprint density at radius 1 is 0.690 bits per heavy atom. The maximum Gasteiger partial charge on any atom is 0.323 e. The number of anilines is 4. The molecule has 0 spiro atoms. The van der Waals surface area contributed by atoms with Crippen molar-refractivity contribution in [2.75, 3.05) is 34.9 Å². The van der Waals surface area contributed by atoms with Crippen LogP contribution in [0.25, 0.3) is 44.5 Å². The second-order valence-electron chi connectivity index (χ2n) is 21.8. The van der Waals surface area contributed by atoms with E-state index in [4.69, 9.17) is 15.6 Å². The van der Waals surface area contributed by atoms with Crippen molar-refractivity contribution in [3.63, 3.8) is 0 Å². The molecule has 5 aromatic carbocycles. The van der Waals surface area contributed by atoms with Crippen LogP contribution in [-0.4, -0.2) is 77.9 Å². The number of aliphatic hydroxyl groups is 3. The van der Waals surface area contributed by atoms with Crippen molar-refractivity contribution in [1.29, 1.82) is 0 Å². The van der Waals surface area contributed by atoms with Gasteiger partial charge < -0.3 is 51.4 Å². The molecule has 3 heterocycles. The van der Waals surface area contributed by atoms with Crippen LogP contribution in [0.4, 0.5) is 31.9 Å². The Bertz CT molecular complexity index is 3550. The third-order valence-electron chi connectivity index (χ3n) is 14.3. The number of urea groups is 1. The normalized spacial score (nSPS) is 12.0. The molecule has 2 atom stereocenters. The number of carbonyl (C=O) groups is 3. The summed E-state index contributed by atoms with van der Waals surface area (Å²) in [5, 5.41) is 48.7. The van der Waals surface area contributed by atoms with E-state index in [1.807, 2.05) is 128 Å². The molecule has 16 nitrogen and oxygen atoms in total. The molecule has 0 aliphatic carbocycles. The van der Waals surface area contributed by atoms with Gasteiger partial charge in [-0.1, -0.05) is 116 Å². The lowest BCUT2D eigenvalue weighted by Crippen LogP contribution is -2.30. The highest BCUT2D eigenvalue weighted by Crippen LogP contribution is 2.43. The molecule has 84 heavy (non-hydrogen) atoms. The minimum absolute atomic E-state index is 0.0280. The summed E-state index contributed by atoms with van der Waals surface area (Å²) in [5.74, 6) is -1.12. The molecule has 0 aliphatic rings. The van der Waals surface area contributed by atoms with Crippen LogP contribution in [0.5, 0.6) is 5.75 Å². The molecule has 8 aromatic rings. The fourth-order valence-corrected chi connectivity index (χ4v) is 10.4. The van der Waals surface area contributed by atoms with Gasteiger partial charge in [0.15, 0.2) is 0 Å². The lowest BCUT2D eigenvalue weighted by atomic mass is 9.92. The van der Waals surface area contributed by atoms with Crippen molar-refractivity contribution in [2.24, 2.45) is 0 Å². The maximum atomic E-state index is 14.2. The van der Waals surface area contributed by atoms with Gasteiger partial charge >= 0.3 is 12.0 Å². The number of hydrogen-bond donors (Lipinski definition) is 8. The highest BCUT2D eigenvalue weighted by atomic mass is 19.1. The molecule has 0 aliphatic heterocycles. The number of benzene rings is 5. The second-order valence-corrected chi connectivity index (χ2v) is 21.8. The number of nitrogens with zero attached hydrogens (tertiary/aromatic N) is 3. The first-order valence-electron chi connectivity index (χ1n) is 28.7. The number of pyridine rings is 2. The van der Waals surface area contributed by atoms with E-state index < -0.39 is 30.6 Å². The van der Waals surface area contributed by atoms with E-state index in [1.54, 1.807) is 22.9 Å². The Hall–Kier alpha value is -8.64. The molecule has 9 N–H and O–H groups in total. The highest BCUT2D eigenvalue weighted by molar-refractivity contribution is 6.13. The van der Waals surface area contributed by atoms with Gasteiger partial charge in [0.25, 0.3) is 11.5 Å². The Labute approximate surface area is 490 Å². The summed E-state index contributed by atoms with van der Waals surface area (Å²) in [6.07, 6.45) is 1.34. The van der Waals surface area contributed by atoms with E-state index in [1.165, 1.54) is 12.1 Å². The topological polar surface area (TPSA) is 243 Å². The van der Waals surface area contributed by atoms with Crippen molar-refractivity contribution in [2.45, 2.75) is 130 Å². The molecule has 8 rings (SSSR count). The summed E-state index contributed by atoms with van der Waals surface area (Å²) in [6.45, 7) is 15.4. The molecule has 0 saturated carbocycles. The van der Waals surface area contributed by atoms with Crippen molar-refractivity contribution >= 4 is 51.7 Å². The number of ether oxygens (including phenoxy) is 1. The van der Waals surface area contributed by atoms with Crippen molar-refractivity contribution in [3.05, 3.63) is 178 Å². The van der Waals surface area contributed by atoms with Crippen LogP contribution in [0.3, 0.4) is 0 Å². The van der Waals surface area contributed by atoms with E-state index in [-0.39, 0.29) is 66.7 Å². The third kappa shape index (κ3) is 15.7. The quantitative estimate of drug-likeness (QED) is 0.0209. The number of halogens is 1. The van der Waals surface area contributed by atoms with Gasteiger partial charge in [-0.2, -0.15) is 0 Å². The number of hydrogen-bond acceptors (Lipinski definition) is 10. The Morgan fingerprint density at radius 3 is 1.95 bits per heavy atom. The zero-order chi connectivity index (χ0) is 60.6. The van der Waals surface area contributed by atoms with Gasteiger partial charge in [-0.25, -0.2) is 14.2 Å². The average Bonchev–Trinajstić information content (AvgIpc) is 1.80. The number of amides is 3. The Balaban J connectivity index is 0.000000241. The number of nitrogens with two attached hydrogens (primary N) is 1. The average molecular weight is 1140 g/mol. The van der Waals surface area contributed by atoms with E-state index >= 15 is 0 Å². The first-order chi connectivity index (χ1) is 40.3. The van der Waals surface area contributed by atoms with E-state index in [0.29, 0.717) is 81.5 Å². The predicted molar refractivity (Wildman–Crippen MR) is 332 cm³/mol. The van der Waals surface area contributed by atoms with Crippen LogP contribution in [0.15, 0.2) is 144 Å². The van der Waals surface area contributed by atoms with Gasteiger partial charge in [0.2, 0.25) is 0 Å². The monoisotopic (exact) mass is 1140 g/mol. The zero-order valence-electron chi connectivity index (χ0n) is 48.9. The molecule has 0 bridgehead atoms. The highest BCUT2D eigenvalue weighted by Gasteiger charge is 2.31. The summed E-state index contributed by atoms with van der Waals surface area (Å²) in [5.41, 5.74) is 15.8. The summed E-state index contributed by atoms with van der Waals surface area (Å²) in [6, 6.07) is 39.2. The number of aromatic nitrogens is 3. The van der Waals surface area contributed by atoms with E-state index in [9.17, 15) is 38.9 Å². The molecular formula is C67H78FN7O9. The standard InChI is InChI=1S/C34H43N5O4.C33H35FN2O5/c1-6-7-15-39-32-26(13-9-14-36-32)29(23-11-8-12-25(18-23)43-17-10-16-40)31(33(39)41)38-34(42)37-30-27(21(2)3)19-24(35)20-28(30)22(4)5;1-21(2)31-30(33(41)35-25-11-7-4-8-12-25)29(22-9-5-3-6-10-22)32(23-13-15-24(34)16-14-23)36(31)18-17-26(37)19-27(38)20-28(39)40/h8-9,11-14,18-22,40H,6-7,10,15-17,35H2,1-5H3,(H2,37,38,42);3-16,21,26-27,37-38H,17-20H2,1-2H3,(H,35,41)(H,39,40)/t;26-,27-/m.1/s1. The van der Waals surface area contributed by atoms with Crippen LogP contribution >= 0.6 is 0 Å². The van der Waals surface area contributed by atoms with Crippen molar-refractivity contribution < 1.29 is 43.9 Å². The van der Waals surface area contributed by atoms with Gasteiger partial charge in [-0.15, -0.1) is 0 Å². The first-order valence-corrected chi connectivity index (χ1v) is 28.7. The number of aliphatic hydroxyl groups excluding tert-OH is 3. The summed E-state index contributed by atoms with van der Waals surface area (Å²) in [4.78, 5) is 57.6. The SMILES string of the molecule is CC(C)c1c(C(=O)Nc2ccccc2)c(-c2ccccc2)c(-c2ccc(F)cc2)n1CC[C@@H](O)C[C@@H](O)CC(=O)O.CCCCn1c(=O)c(NC(=O)Nc2c(C(C)C)cc(N)cc2C(C)C)c(-c2cccc(OCCCO)c2)c2cccnc21. The molecule has 442 valence electrons. The fourth-order valence-electron chi connectivity index (χ4n) is 10.4. The van der Waals surface area contributed by atoms with Gasteiger partial charge in [0, 0.05) is 71.6 Å². The van der Waals surface area contributed by atoms with Crippen molar-refractivity contribution in [1.82, 2.24) is 14.1 Å². The molecule has 0 unspecified atom stereocenters. The summed E-state index contributed by atoms with van der Waals surface area (Å²) >= 11 is 0. The van der Waals surface area contributed by atoms with Crippen LogP contribution < -0.4 is 32.0 Å². The minimum Gasteiger partial charge on any atom is -0.493 e. The third-order valence-corrected chi connectivity index (χ3v) is 14.3. The Kier molecular flexibility index (Phi) is 22.1. The lowest BCUT2D eigenvalue weighted by Gasteiger charge is -2.22. The molecule has 0 saturated heterocycles. The molecule has 3 amide bonds. The number of carboxylic acids is 1. The molecule has 17 heteroatoms. The predicted octanol–water partition coefficient (Wildman–Crippen LogP) is 13.4. The molecular weight excluding hydrogens is 1070 g/mol. The number of nitrogens with one attached hydrogen (secondary N) is 3. The molecule has 0 radical (unpaired) electrons. The summed E-state index contributed by atoms with van der Waals surface area (Å²) in [7, 11) is 0. The second kappa shape index (κ2) is 29.6. The number of unbranched alkanes of at least 4 members (excludes halogenated alkanes) is 1. The number of rotatable bonds is 24. The Morgan fingerprint density at radius 2 is 1.33 bits per heavy atom. The lowest BCUT2D eigenvalue weighted by molar-refractivity contribution is -0.139. The number of nitrogen functional groups attached to an aromatic ring is 1. The number of fused-ring (bicyclic) bond motifs is 1. The van der Waals surface area contributed by atoms with Gasteiger partial charge in [-0.05, 0) is 138 Å². The number of carbonyl (C=O) groups excluding carboxylic acids is 2. The number of carboxylic acid groups (broad SMARTS) is 1. The van der Waals surface area contributed by atoms with Gasteiger partial charge in [-0.3, -0.25) is 19.0 Å². The van der Waals surface area contributed by atoms with E-state index in [0.717, 1.165) is 40.6 Å². The van der Waals surface area contributed by atoms with Crippen LogP contribution in [0.2, 0.25) is 0 Å². The van der Waals surface area contributed by atoms with Crippen LogP contribution in [0, 0.1) is 5.82 Å². The molecule has 3 aromatic heterocycles. The van der Waals surface area contributed by atoms with Gasteiger partial charge in [0.1, 0.15) is 22.9 Å². The molecule has 0 fully saturated rings. The smallest absolute Gasteiger partial charge is 0.323 e. The number of aryl methyl sites for hydroxylation is 1. The summed E-state index contributed by atoms with van der Waals surface area (Å²) < 4.78 is 23.5. The maximum absolute atomic E-state index is 14.2. The number of para-hydroxylation sites is 1. The van der Waals surface area contributed by atoms with Crippen LogP contribution in [0.1, 0.15) is 132 Å². The minimum atomic E-state index is -1.18. The van der Waals surface area contributed by atoms with Crippen LogP contribution in [-0.2, 0) is 17.9 Å². The number of aliphatic carboxylic acids is 1.